The van der Waals surface area contributed by atoms with Crippen molar-refractivity contribution in [3.8, 4) is 0 Å². The van der Waals surface area contributed by atoms with Gasteiger partial charge in [0.05, 0.1) is 0 Å². The van der Waals surface area contributed by atoms with Crippen LogP contribution >= 0.6 is 0 Å². The molecule has 0 aliphatic heterocycles. The molecule has 0 rings (SSSR count). The van der Waals surface area contributed by atoms with E-state index in [0.29, 0.717) is 26.2 Å². The molecule has 0 fully saturated rings. The van der Waals surface area contributed by atoms with E-state index in [1.807, 2.05) is 27.7 Å². The Labute approximate surface area is 106 Å². The van der Waals surface area contributed by atoms with Crippen LogP contribution < -0.4 is 10.5 Å². The van der Waals surface area contributed by atoms with Crippen molar-refractivity contribution in [2.24, 2.45) is 11.1 Å². The third-order valence-corrected chi connectivity index (χ3v) is 4.06. The minimum atomic E-state index is -3.36. The molecule has 3 N–H and O–H groups in total. The molecule has 5 nitrogen and oxygen atoms in total. The Kier molecular flexibility index (Phi) is 7.23. The lowest BCUT2D eigenvalue weighted by atomic mass is 9.94. The quantitative estimate of drug-likeness (QED) is 0.651. The molecule has 0 aromatic heterocycles. The Hall–Kier alpha value is -0.170. The van der Waals surface area contributed by atoms with Crippen LogP contribution in [0.1, 0.15) is 40.5 Å². The van der Waals surface area contributed by atoms with Crippen molar-refractivity contribution in [1.29, 1.82) is 0 Å². The smallest absolute Gasteiger partial charge is 0.279 e. The van der Waals surface area contributed by atoms with Gasteiger partial charge in [-0.05, 0) is 24.8 Å². The second-order valence-electron chi connectivity index (χ2n) is 5.10. The SMILES string of the molecule is CCCNS(=O)(=O)N(CCC)CC(C)(C)CN. The summed E-state index contributed by atoms with van der Waals surface area (Å²) in [6.07, 6.45) is 1.59. The van der Waals surface area contributed by atoms with E-state index in [9.17, 15) is 8.42 Å². The molecule has 0 unspecified atom stereocenters. The fourth-order valence-electron chi connectivity index (χ4n) is 1.40. The number of nitrogens with one attached hydrogen (secondary N) is 1. The second-order valence-corrected chi connectivity index (χ2v) is 6.86. The van der Waals surface area contributed by atoms with E-state index in [1.165, 1.54) is 4.31 Å². The predicted molar refractivity (Wildman–Crippen MR) is 71.9 cm³/mol. The van der Waals surface area contributed by atoms with Gasteiger partial charge < -0.3 is 5.73 Å². The van der Waals surface area contributed by atoms with Crippen LogP contribution in [0.15, 0.2) is 0 Å². The largest absolute Gasteiger partial charge is 0.330 e. The highest BCUT2D eigenvalue weighted by Gasteiger charge is 2.27. The standard InChI is InChI=1S/C11H27N3O2S/c1-5-7-13-17(15,16)14(8-6-2)10-11(3,4)9-12/h13H,5-10,12H2,1-4H3. The third kappa shape index (κ3) is 6.35. The first-order valence-corrected chi connectivity index (χ1v) is 7.68. The summed E-state index contributed by atoms with van der Waals surface area (Å²) >= 11 is 0. The zero-order chi connectivity index (χ0) is 13.5. The molecule has 0 spiro atoms. The summed E-state index contributed by atoms with van der Waals surface area (Å²) < 4.78 is 28.2. The maximum atomic E-state index is 12.0. The highest BCUT2D eigenvalue weighted by Crippen LogP contribution is 2.17. The molecule has 0 aliphatic rings. The number of hydrogen-bond acceptors (Lipinski definition) is 3. The Balaban J connectivity index is 4.72. The van der Waals surface area contributed by atoms with Crippen LogP contribution in [0, 0.1) is 5.41 Å². The maximum Gasteiger partial charge on any atom is 0.279 e. The highest BCUT2D eigenvalue weighted by molar-refractivity contribution is 7.87. The minimum Gasteiger partial charge on any atom is -0.330 e. The Morgan fingerprint density at radius 3 is 2.24 bits per heavy atom. The van der Waals surface area contributed by atoms with Gasteiger partial charge in [-0.15, -0.1) is 0 Å². The van der Waals surface area contributed by atoms with Gasteiger partial charge in [-0.3, -0.25) is 0 Å². The first kappa shape index (κ1) is 16.8. The summed E-state index contributed by atoms with van der Waals surface area (Å²) in [5, 5.41) is 0. The molecule has 0 aromatic rings. The third-order valence-electron chi connectivity index (χ3n) is 2.50. The lowest BCUT2D eigenvalue weighted by molar-refractivity contribution is 0.264. The highest BCUT2D eigenvalue weighted by atomic mass is 32.2. The fraction of sp³-hybridized carbons (Fsp3) is 1.00. The lowest BCUT2D eigenvalue weighted by Gasteiger charge is -2.30. The van der Waals surface area contributed by atoms with Crippen molar-refractivity contribution >= 4 is 10.2 Å². The van der Waals surface area contributed by atoms with Gasteiger partial charge in [-0.2, -0.15) is 12.7 Å². The molecule has 0 atom stereocenters. The molecule has 104 valence electrons. The van der Waals surface area contributed by atoms with Gasteiger partial charge >= 0.3 is 0 Å². The molecular weight excluding hydrogens is 238 g/mol. The monoisotopic (exact) mass is 265 g/mol. The van der Waals surface area contributed by atoms with Crippen LogP contribution in [-0.4, -0.2) is 38.9 Å². The fourth-order valence-corrected chi connectivity index (χ4v) is 2.98. The Bertz CT molecular complexity index is 302. The van der Waals surface area contributed by atoms with Crippen molar-refractivity contribution in [2.45, 2.75) is 40.5 Å². The van der Waals surface area contributed by atoms with Crippen LogP contribution in [0.2, 0.25) is 0 Å². The van der Waals surface area contributed by atoms with Crippen molar-refractivity contribution in [2.75, 3.05) is 26.2 Å². The zero-order valence-electron chi connectivity index (χ0n) is 11.5. The maximum absolute atomic E-state index is 12.0. The average Bonchev–Trinajstić information content (AvgIpc) is 2.26. The van der Waals surface area contributed by atoms with Crippen molar-refractivity contribution < 1.29 is 8.42 Å². The van der Waals surface area contributed by atoms with Gasteiger partial charge in [-0.1, -0.05) is 27.7 Å². The van der Waals surface area contributed by atoms with E-state index < -0.39 is 10.2 Å². The number of nitrogens with zero attached hydrogens (tertiary/aromatic N) is 1. The van der Waals surface area contributed by atoms with Crippen LogP contribution in [0.4, 0.5) is 0 Å². The average molecular weight is 265 g/mol. The van der Waals surface area contributed by atoms with Gasteiger partial charge in [0.2, 0.25) is 0 Å². The molecule has 0 bridgehead atoms. The summed E-state index contributed by atoms with van der Waals surface area (Å²) in [6.45, 7) is 9.80. The van der Waals surface area contributed by atoms with Crippen LogP contribution in [0.3, 0.4) is 0 Å². The molecule has 0 heterocycles. The second kappa shape index (κ2) is 7.31. The minimum absolute atomic E-state index is 0.198. The van der Waals surface area contributed by atoms with Gasteiger partial charge in [-0.25, -0.2) is 4.72 Å². The first-order valence-electron chi connectivity index (χ1n) is 6.24. The van der Waals surface area contributed by atoms with Gasteiger partial charge in [0, 0.05) is 19.6 Å². The van der Waals surface area contributed by atoms with E-state index in [-0.39, 0.29) is 5.41 Å². The van der Waals surface area contributed by atoms with E-state index in [2.05, 4.69) is 4.72 Å². The summed E-state index contributed by atoms with van der Waals surface area (Å²) in [5.74, 6) is 0. The predicted octanol–water partition coefficient (Wildman–Crippen LogP) is 0.928. The van der Waals surface area contributed by atoms with Crippen molar-refractivity contribution in [3.05, 3.63) is 0 Å². The van der Waals surface area contributed by atoms with Crippen molar-refractivity contribution in [3.63, 3.8) is 0 Å². The molecule has 0 saturated carbocycles. The van der Waals surface area contributed by atoms with Crippen LogP contribution in [0.5, 0.6) is 0 Å². The van der Waals surface area contributed by atoms with Gasteiger partial charge in [0.1, 0.15) is 0 Å². The summed E-state index contributed by atoms with van der Waals surface area (Å²) in [6, 6.07) is 0. The molecule has 17 heavy (non-hydrogen) atoms. The van der Waals surface area contributed by atoms with Crippen LogP contribution in [-0.2, 0) is 10.2 Å². The Morgan fingerprint density at radius 2 is 1.82 bits per heavy atom. The summed E-state index contributed by atoms with van der Waals surface area (Å²) in [7, 11) is -3.36. The normalized spacial score (nSPS) is 13.3. The zero-order valence-corrected chi connectivity index (χ0v) is 12.3. The van der Waals surface area contributed by atoms with E-state index in [1.54, 1.807) is 0 Å². The molecule has 0 amide bonds. The van der Waals surface area contributed by atoms with Crippen LogP contribution in [0.25, 0.3) is 0 Å². The van der Waals surface area contributed by atoms with E-state index >= 15 is 0 Å². The van der Waals surface area contributed by atoms with E-state index in [4.69, 9.17) is 5.73 Å². The summed E-state index contributed by atoms with van der Waals surface area (Å²) in [5.41, 5.74) is 5.45. The molecule has 0 saturated heterocycles. The Morgan fingerprint density at radius 1 is 1.24 bits per heavy atom. The van der Waals surface area contributed by atoms with Gasteiger partial charge in [0.25, 0.3) is 10.2 Å². The van der Waals surface area contributed by atoms with Gasteiger partial charge in [0.15, 0.2) is 0 Å². The van der Waals surface area contributed by atoms with Crippen molar-refractivity contribution in [1.82, 2.24) is 9.03 Å². The number of hydrogen-bond donors (Lipinski definition) is 2. The number of nitrogens with two attached hydrogens (primary N) is 1. The summed E-state index contributed by atoms with van der Waals surface area (Å²) in [4.78, 5) is 0. The first-order chi connectivity index (χ1) is 7.79. The van der Waals surface area contributed by atoms with E-state index in [0.717, 1.165) is 12.8 Å². The lowest BCUT2D eigenvalue weighted by Crippen LogP contribution is -2.47. The topological polar surface area (TPSA) is 75.4 Å². The molecular formula is C11H27N3O2S. The molecule has 0 aliphatic carbocycles. The number of rotatable bonds is 9. The molecule has 0 radical (unpaired) electrons. The molecule has 0 aromatic carbocycles. The molecule has 6 heteroatoms.